The van der Waals surface area contributed by atoms with E-state index >= 15 is 0 Å². The third-order valence-electron chi connectivity index (χ3n) is 2.42. The van der Waals surface area contributed by atoms with E-state index < -0.39 is 6.43 Å². The van der Waals surface area contributed by atoms with Gasteiger partial charge in [0.15, 0.2) is 0 Å². The van der Waals surface area contributed by atoms with E-state index in [4.69, 9.17) is 9.47 Å². The molecule has 0 aromatic heterocycles. The molecule has 0 amide bonds. The van der Waals surface area contributed by atoms with Crippen molar-refractivity contribution in [2.75, 3.05) is 33.5 Å². The van der Waals surface area contributed by atoms with Crippen LogP contribution in [0.2, 0.25) is 0 Å². The van der Waals surface area contributed by atoms with Crippen LogP contribution in [0.3, 0.4) is 0 Å². The number of rotatable bonds is 9. The van der Waals surface area contributed by atoms with Crippen LogP contribution in [0.15, 0.2) is 24.3 Å². The number of hydrogen-bond acceptors (Lipinski definition) is 3. The summed E-state index contributed by atoms with van der Waals surface area (Å²) in [5.74, 6) is 0. The SMILES string of the molecule is COCCOCCNCc1ccc(C(F)F)cc1. The standard InChI is InChI=1S/C13H19F2NO2/c1-17-8-9-18-7-6-16-10-11-2-4-12(5-3-11)13(14)15/h2-5,13,16H,6-10H2,1H3. The highest BCUT2D eigenvalue weighted by Crippen LogP contribution is 2.18. The Hall–Kier alpha value is -1.04. The third kappa shape index (κ3) is 6.05. The van der Waals surface area contributed by atoms with Gasteiger partial charge in [0, 0.05) is 25.8 Å². The maximum Gasteiger partial charge on any atom is 0.263 e. The van der Waals surface area contributed by atoms with Crippen LogP contribution in [0.4, 0.5) is 8.78 Å². The number of ether oxygens (including phenoxy) is 2. The topological polar surface area (TPSA) is 30.5 Å². The first-order valence-corrected chi connectivity index (χ1v) is 5.88. The van der Waals surface area contributed by atoms with Crippen LogP contribution in [-0.4, -0.2) is 33.5 Å². The maximum absolute atomic E-state index is 12.3. The molecule has 3 nitrogen and oxygen atoms in total. The van der Waals surface area contributed by atoms with Crippen molar-refractivity contribution in [3.05, 3.63) is 35.4 Å². The molecule has 1 aromatic carbocycles. The highest BCUT2D eigenvalue weighted by Gasteiger charge is 2.05. The molecule has 0 atom stereocenters. The fourth-order valence-electron chi connectivity index (χ4n) is 1.40. The molecule has 18 heavy (non-hydrogen) atoms. The molecule has 0 unspecified atom stereocenters. The zero-order chi connectivity index (χ0) is 13.2. The van der Waals surface area contributed by atoms with Gasteiger partial charge in [0.1, 0.15) is 0 Å². The summed E-state index contributed by atoms with van der Waals surface area (Å²) in [6.07, 6.45) is -2.40. The Morgan fingerprint density at radius 2 is 1.83 bits per heavy atom. The second-order valence-electron chi connectivity index (χ2n) is 3.82. The Kier molecular flexibility index (Phi) is 7.48. The predicted octanol–water partition coefficient (Wildman–Crippen LogP) is 2.38. The fourth-order valence-corrected chi connectivity index (χ4v) is 1.40. The molecule has 0 radical (unpaired) electrons. The lowest BCUT2D eigenvalue weighted by Gasteiger charge is -2.07. The Bertz CT molecular complexity index is 317. The minimum absolute atomic E-state index is 0.0571. The van der Waals surface area contributed by atoms with Gasteiger partial charge in [0.05, 0.1) is 19.8 Å². The largest absolute Gasteiger partial charge is 0.382 e. The lowest BCUT2D eigenvalue weighted by molar-refractivity contribution is 0.0719. The number of nitrogens with one attached hydrogen (secondary N) is 1. The first-order valence-electron chi connectivity index (χ1n) is 5.88. The van der Waals surface area contributed by atoms with Gasteiger partial charge in [0.2, 0.25) is 0 Å². The number of hydrogen-bond donors (Lipinski definition) is 1. The van der Waals surface area contributed by atoms with Crippen molar-refractivity contribution in [1.82, 2.24) is 5.32 Å². The van der Waals surface area contributed by atoms with Crippen molar-refractivity contribution in [2.45, 2.75) is 13.0 Å². The van der Waals surface area contributed by atoms with E-state index in [0.717, 1.165) is 12.1 Å². The molecule has 1 N–H and O–H groups in total. The number of benzene rings is 1. The molecule has 0 aliphatic heterocycles. The second kappa shape index (κ2) is 8.97. The molecule has 0 spiro atoms. The first-order chi connectivity index (χ1) is 8.74. The van der Waals surface area contributed by atoms with Gasteiger partial charge in [-0.15, -0.1) is 0 Å². The van der Waals surface area contributed by atoms with Crippen LogP contribution >= 0.6 is 0 Å². The molecule has 0 saturated heterocycles. The lowest BCUT2D eigenvalue weighted by Crippen LogP contribution is -2.20. The Balaban J connectivity index is 2.12. The zero-order valence-electron chi connectivity index (χ0n) is 10.5. The van der Waals surface area contributed by atoms with E-state index in [1.165, 1.54) is 12.1 Å². The lowest BCUT2D eigenvalue weighted by atomic mass is 10.1. The fraction of sp³-hybridized carbons (Fsp3) is 0.538. The molecule has 5 heteroatoms. The van der Waals surface area contributed by atoms with E-state index in [-0.39, 0.29) is 5.56 Å². The molecule has 0 fully saturated rings. The summed E-state index contributed by atoms with van der Waals surface area (Å²) in [4.78, 5) is 0. The van der Waals surface area contributed by atoms with Crippen molar-refractivity contribution in [3.8, 4) is 0 Å². The van der Waals surface area contributed by atoms with Gasteiger partial charge >= 0.3 is 0 Å². The predicted molar refractivity (Wildman–Crippen MR) is 65.8 cm³/mol. The summed E-state index contributed by atoms with van der Waals surface area (Å²) in [6.45, 7) is 3.16. The van der Waals surface area contributed by atoms with Gasteiger partial charge < -0.3 is 14.8 Å². The Labute approximate surface area is 106 Å². The van der Waals surface area contributed by atoms with E-state index in [0.29, 0.717) is 26.4 Å². The normalized spacial score (nSPS) is 11.1. The van der Waals surface area contributed by atoms with Crippen molar-refractivity contribution in [2.24, 2.45) is 0 Å². The Morgan fingerprint density at radius 1 is 1.11 bits per heavy atom. The molecule has 0 aliphatic carbocycles. The summed E-state index contributed by atoms with van der Waals surface area (Å²) in [5.41, 5.74) is 1.04. The zero-order valence-corrected chi connectivity index (χ0v) is 10.5. The molecule has 0 aliphatic rings. The van der Waals surface area contributed by atoms with Crippen LogP contribution in [0.25, 0.3) is 0 Å². The molecule has 0 bridgehead atoms. The number of halogens is 2. The average molecular weight is 259 g/mol. The summed E-state index contributed by atoms with van der Waals surface area (Å²) in [6, 6.07) is 6.33. The summed E-state index contributed by atoms with van der Waals surface area (Å²) < 4.78 is 34.7. The van der Waals surface area contributed by atoms with Gasteiger partial charge in [-0.05, 0) is 5.56 Å². The molecule has 102 valence electrons. The van der Waals surface area contributed by atoms with E-state index in [2.05, 4.69) is 5.32 Å². The quantitative estimate of drug-likeness (QED) is 0.691. The highest BCUT2D eigenvalue weighted by molar-refractivity contribution is 5.23. The molecular formula is C13H19F2NO2. The minimum Gasteiger partial charge on any atom is -0.382 e. The van der Waals surface area contributed by atoms with Gasteiger partial charge in [-0.25, -0.2) is 8.78 Å². The van der Waals surface area contributed by atoms with Crippen LogP contribution in [0, 0.1) is 0 Å². The van der Waals surface area contributed by atoms with Crippen molar-refractivity contribution < 1.29 is 18.3 Å². The minimum atomic E-state index is -2.40. The van der Waals surface area contributed by atoms with Gasteiger partial charge in [0.25, 0.3) is 6.43 Å². The number of alkyl halides is 2. The highest BCUT2D eigenvalue weighted by atomic mass is 19.3. The monoisotopic (exact) mass is 259 g/mol. The van der Waals surface area contributed by atoms with E-state index in [1.807, 2.05) is 0 Å². The molecule has 1 aromatic rings. The smallest absolute Gasteiger partial charge is 0.263 e. The van der Waals surface area contributed by atoms with Gasteiger partial charge in [-0.2, -0.15) is 0 Å². The maximum atomic E-state index is 12.3. The summed E-state index contributed by atoms with van der Waals surface area (Å²) in [7, 11) is 1.63. The second-order valence-corrected chi connectivity index (χ2v) is 3.82. The molecule has 0 saturated carbocycles. The van der Waals surface area contributed by atoms with E-state index in [9.17, 15) is 8.78 Å². The molecular weight excluding hydrogens is 240 g/mol. The van der Waals surface area contributed by atoms with Crippen LogP contribution in [0.5, 0.6) is 0 Å². The van der Waals surface area contributed by atoms with Crippen molar-refractivity contribution >= 4 is 0 Å². The molecule has 0 heterocycles. The summed E-state index contributed by atoms with van der Waals surface area (Å²) in [5, 5.41) is 3.17. The van der Waals surface area contributed by atoms with Crippen molar-refractivity contribution in [3.63, 3.8) is 0 Å². The number of methoxy groups -OCH3 is 1. The van der Waals surface area contributed by atoms with E-state index in [1.54, 1.807) is 19.2 Å². The van der Waals surface area contributed by atoms with Crippen LogP contribution in [-0.2, 0) is 16.0 Å². The van der Waals surface area contributed by atoms with Crippen LogP contribution < -0.4 is 5.32 Å². The first kappa shape index (κ1) is 15.0. The van der Waals surface area contributed by atoms with Crippen molar-refractivity contribution in [1.29, 1.82) is 0 Å². The van der Waals surface area contributed by atoms with Gasteiger partial charge in [-0.1, -0.05) is 24.3 Å². The van der Waals surface area contributed by atoms with Crippen LogP contribution in [0.1, 0.15) is 17.6 Å². The Morgan fingerprint density at radius 3 is 2.44 bits per heavy atom. The van der Waals surface area contributed by atoms with Gasteiger partial charge in [-0.3, -0.25) is 0 Å². The summed E-state index contributed by atoms with van der Waals surface area (Å²) >= 11 is 0. The molecule has 1 rings (SSSR count). The average Bonchev–Trinajstić information content (AvgIpc) is 2.38. The third-order valence-corrected chi connectivity index (χ3v) is 2.42.